The van der Waals surface area contributed by atoms with E-state index in [1.807, 2.05) is 17.5 Å². The van der Waals surface area contributed by atoms with Gasteiger partial charge in [0, 0.05) is 22.6 Å². The van der Waals surface area contributed by atoms with Gasteiger partial charge in [-0.1, -0.05) is 18.2 Å². The van der Waals surface area contributed by atoms with E-state index in [-0.39, 0.29) is 12.5 Å². The van der Waals surface area contributed by atoms with Crippen molar-refractivity contribution in [2.75, 3.05) is 13.2 Å². The van der Waals surface area contributed by atoms with Crippen molar-refractivity contribution in [3.8, 4) is 0 Å². The van der Waals surface area contributed by atoms with Crippen LogP contribution in [0.4, 0.5) is 0 Å². The number of thioether (sulfide) groups is 1. The fourth-order valence-electron chi connectivity index (χ4n) is 1.67. The van der Waals surface area contributed by atoms with E-state index in [0.717, 1.165) is 10.6 Å². The van der Waals surface area contributed by atoms with Crippen LogP contribution in [0.2, 0.25) is 0 Å². The quantitative estimate of drug-likeness (QED) is 0.451. The second-order valence-electron chi connectivity index (χ2n) is 4.43. The van der Waals surface area contributed by atoms with Gasteiger partial charge in [-0.3, -0.25) is 4.79 Å². The molecule has 120 valence electrons. The van der Waals surface area contributed by atoms with Crippen LogP contribution in [-0.2, 0) is 15.3 Å². The molecule has 0 bridgehead atoms. The van der Waals surface area contributed by atoms with Crippen molar-refractivity contribution in [1.29, 1.82) is 0 Å². The molecule has 0 aliphatic rings. The zero-order valence-electron chi connectivity index (χ0n) is 12.4. The Labute approximate surface area is 142 Å². The topological polar surface area (TPSA) is 68.3 Å². The van der Waals surface area contributed by atoms with Crippen LogP contribution in [0.15, 0.2) is 52.7 Å². The van der Waals surface area contributed by atoms with E-state index in [4.69, 9.17) is 4.74 Å². The Morgan fingerprint density at radius 3 is 2.96 bits per heavy atom. The lowest BCUT2D eigenvalue weighted by atomic mass is 10.2. The molecule has 0 saturated heterocycles. The number of ether oxygens (including phenoxy) is 1. The van der Waals surface area contributed by atoms with Crippen LogP contribution in [0.3, 0.4) is 0 Å². The van der Waals surface area contributed by atoms with E-state index in [1.54, 1.807) is 23.7 Å². The summed E-state index contributed by atoms with van der Waals surface area (Å²) in [6.07, 6.45) is 1.56. The fourth-order valence-corrected chi connectivity index (χ4v) is 3.27. The molecule has 2 aromatic rings. The highest BCUT2D eigenvalue weighted by atomic mass is 32.2. The highest BCUT2D eigenvalue weighted by molar-refractivity contribution is 7.98. The Morgan fingerprint density at radius 1 is 1.39 bits per heavy atom. The molecule has 7 heteroatoms. The van der Waals surface area contributed by atoms with Crippen LogP contribution in [-0.4, -0.2) is 30.0 Å². The molecule has 1 aromatic heterocycles. The molecule has 1 aromatic carbocycles. The minimum atomic E-state index is -0.514. The first kappa shape index (κ1) is 17.2. The van der Waals surface area contributed by atoms with E-state index in [1.165, 1.54) is 23.1 Å². The van der Waals surface area contributed by atoms with Crippen LogP contribution >= 0.6 is 23.1 Å². The number of thiazole rings is 1. The SMILES string of the molecule is C=CCNC(=O)COC(=O)c1ccccc1SCc1cscn1. The van der Waals surface area contributed by atoms with Gasteiger partial charge in [0.05, 0.1) is 16.8 Å². The predicted octanol–water partition coefficient (Wildman–Crippen LogP) is 2.89. The average Bonchev–Trinajstić information content (AvgIpc) is 3.09. The van der Waals surface area contributed by atoms with Crippen molar-refractivity contribution in [3.05, 3.63) is 59.1 Å². The predicted molar refractivity (Wildman–Crippen MR) is 91.6 cm³/mol. The number of carbonyl (C=O) groups excluding carboxylic acids is 2. The van der Waals surface area contributed by atoms with E-state index in [0.29, 0.717) is 17.9 Å². The Hall–Kier alpha value is -2.12. The zero-order valence-corrected chi connectivity index (χ0v) is 14.0. The van der Waals surface area contributed by atoms with Crippen molar-refractivity contribution in [2.24, 2.45) is 0 Å². The van der Waals surface area contributed by atoms with Gasteiger partial charge in [0.25, 0.3) is 5.91 Å². The summed E-state index contributed by atoms with van der Waals surface area (Å²) >= 11 is 3.05. The van der Waals surface area contributed by atoms with Crippen molar-refractivity contribution in [2.45, 2.75) is 10.6 Å². The number of benzene rings is 1. The van der Waals surface area contributed by atoms with Gasteiger partial charge in [0.1, 0.15) is 0 Å². The fraction of sp³-hybridized carbons (Fsp3) is 0.188. The molecule has 1 amide bonds. The van der Waals surface area contributed by atoms with Crippen LogP contribution in [0.5, 0.6) is 0 Å². The smallest absolute Gasteiger partial charge is 0.339 e. The largest absolute Gasteiger partial charge is 0.452 e. The number of rotatable bonds is 8. The molecule has 0 saturated carbocycles. The second kappa shape index (κ2) is 9.12. The molecule has 2 rings (SSSR count). The van der Waals surface area contributed by atoms with E-state index in [9.17, 15) is 9.59 Å². The van der Waals surface area contributed by atoms with Crippen LogP contribution in [0.25, 0.3) is 0 Å². The Kier molecular flexibility index (Phi) is 6.83. The lowest BCUT2D eigenvalue weighted by molar-refractivity contribution is -0.124. The monoisotopic (exact) mass is 348 g/mol. The second-order valence-corrected chi connectivity index (χ2v) is 6.17. The van der Waals surface area contributed by atoms with Crippen LogP contribution < -0.4 is 5.32 Å². The van der Waals surface area contributed by atoms with E-state index >= 15 is 0 Å². The number of aromatic nitrogens is 1. The number of nitrogens with one attached hydrogen (secondary N) is 1. The van der Waals surface area contributed by atoms with Gasteiger partial charge < -0.3 is 10.1 Å². The van der Waals surface area contributed by atoms with Gasteiger partial charge in [-0.15, -0.1) is 29.7 Å². The van der Waals surface area contributed by atoms with Gasteiger partial charge >= 0.3 is 5.97 Å². The highest BCUT2D eigenvalue weighted by Gasteiger charge is 2.14. The maximum absolute atomic E-state index is 12.2. The summed E-state index contributed by atoms with van der Waals surface area (Å²) in [5.74, 6) is -0.195. The van der Waals surface area contributed by atoms with Crippen LogP contribution in [0, 0.1) is 0 Å². The molecule has 0 aliphatic carbocycles. The summed E-state index contributed by atoms with van der Waals surface area (Å²) in [6, 6.07) is 7.16. The molecular weight excluding hydrogens is 332 g/mol. The number of carbonyl (C=O) groups is 2. The third kappa shape index (κ3) is 5.54. The van der Waals surface area contributed by atoms with E-state index < -0.39 is 5.97 Å². The van der Waals surface area contributed by atoms with E-state index in [2.05, 4.69) is 16.9 Å². The first-order valence-corrected chi connectivity index (χ1v) is 8.77. The highest BCUT2D eigenvalue weighted by Crippen LogP contribution is 2.26. The molecule has 0 spiro atoms. The zero-order chi connectivity index (χ0) is 16.5. The number of amides is 1. The standard InChI is InChI=1S/C16H16N2O3S2/c1-2-7-17-15(19)8-21-16(20)13-5-3-4-6-14(13)23-10-12-9-22-11-18-12/h2-6,9,11H,1,7-8,10H2,(H,17,19). The van der Waals surface area contributed by atoms with Crippen molar-refractivity contribution < 1.29 is 14.3 Å². The molecular formula is C16H16N2O3S2. The third-order valence-electron chi connectivity index (χ3n) is 2.74. The Bertz CT molecular complexity index is 672. The van der Waals surface area contributed by atoms with Gasteiger partial charge in [0.2, 0.25) is 0 Å². The normalized spacial score (nSPS) is 10.1. The summed E-state index contributed by atoms with van der Waals surface area (Å²) in [5.41, 5.74) is 3.19. The summed E-state index contributed by atoms with van der Waals surface area (Å²) in [7, 11) is 0. The molecule has 5 nitrogen and oxygen atoms in total. The summed E-state index contributed by atoms with van der Waals surface area (Å²) < 4.78 is 5.05. The summed E-state index contributed by atoms with van der Waals surface area (Å²) in [4.78, 5) is 28.6. The lowest BCUT2D eigenvalue weighted by Crippen LogP contribution is -2.28. The molecule has 23 heavy (non-hydrogen) atoms. The molecule has 0 unspecified atom stereocenters. The lowest BCUT2D eigenvalue weighted by Gasteiger charge is -2.09. The maximum Gasteiger partial charge on any atom is 0.339 e. The number of hydrogen-bond donors (Lipinski definition) is 1. The molecule has 0 radical (unpaired) electrons. The number of hydrogen-bond acceptors (Lipinski definition) is 6. The van der Waals surface area contributed by atoms with Gasteiger partial charge in [0.15, 0.2) is 6.61 Å². The van der Waals surface area contributed by atoms with Crippen molar-refractivity contribution in [3.63, 3.8) is 0 Å². The minimum Gasteiger partial charge on any atom is -0.452 e. The molecule has 1 N–H and O–H groups in total. The Balaban J connectivity index is 1.94. The molecule has 0 atom stereocenters. The van der Waals surface area contributed by atoms with Crippen molar-refractivity contribution >= 4 is 35.0 Å². The third-order valence-corrected chi connectivity index (χ3v) is 4.49. The first-order chi connectivity index (χ1) is 11.2. The average molecular weight is 348 g/mol. The summed E-state index contributed by atoms with van der Waals surface area (Å²) in [5, 5.41) is 4.52. The molecule has 0 fully saturated rings. The molecule has 0 aliphatic heterocycles. The summed E-state index contributed by atoms with van der Waals surface area (Å²) in [6.45, 7) is 3.53. The van der Waals surface area contributed by atoms with Gasteiger partial charge in [-0.05, 0) is 12.1 Å². The maximum atomic E-state index is 12.2. The van der Waals surface area contributed by atoms with Crippen molar-refractivity contribution in [1.82, 2.24) is 10.3 Å². The molecule has 1 heterocycles. The van der Waals surface area contributed by atoms with Crippen LogP contribution in [0.1, 0.15) is 16.1 Å². The minimum absolute atomic E-state index is 0.308. The number of esters is 1. The van der Waals surface area contributed by atoms with Gasteiger partial charge in [-0.25, -0.2) is 9.78 Å². The van der Waals surface area contributed by atoms with Gasteiger partial charge in [-0.2, -0.15) is 0 Å². The first-order valence-electron chi connectivity index (χ1n) is 6.84. The number of nitrogens with zero attached hydrogens (tertiary/aromatic N) is 1. The Morgan fingerprint density at radius 2 is 2.22 bits per heavy atom.